The molecule has 0 aromatic carbocycles. The molecule has 0 radical (unpaired) electrons. The van der Waals surface area contributed by atoms with Crippen LogP contribution in [-0.4, -0.2) is 40.7 Å². The second-order valence-corrected chi connectivity index (χ2v) is 5.42. The van der Waals surface area contributed by atoms with Crippen molar-refractivity contribution in [3.8, 4) is 0 Å². The molecule has 1 aliphatic rings. The molecule has 6 nitrogen and oxygen atoms in total. The number of nitrogens with zero attached hydrogens (tertiary/aromatic N) is 3. The summed E-state index contributed by atoms with van der Waals surface area (Å²) >= 11 is 0. The van der Waals surface area contributed by atoms with Crippen LogP contribution < -0.4 is 5.32 Å². The fourth-order valence-electron chi connectivity index (χ4n) is 2.62. The molecule has 2 aromatic heterocycles. The number of carbonyl (C=O) groups excluding carboxylic acids is 1. The zero-order valence-electron chi connectivity index (χ0n) is 12.6. The van der Waals surface area contributed by atoms with E-state index in [0.717, 1.165) is 31.7 Å². The Morgan fingerprint density at radius 1 is 1.55 bits per heavy atom. The number of hydrogen-bond donors (Lipinski definition) is 1. The van der Waals surface area contributed by atoms with Gasteiger partial charge in [-0.25, -0.2) is 0 Å². The highest BCUT2D eigenvalue weighted by atomic mass is 35.5. The van der Waals surface area contributed by atoms with Crippen LogP contribution in [0.1, 0.15) is 35.1 Å². The first-order valence-corrected chi connectivity index (χ1v) is 7.28. The lowest BCUT2D eigenvalue weighted by atomic mass is 10.1. The van der Waals surface area contributed by atoms with Crippen LogP contribution in [0.3, 0.4) is 0 Å². The number of hydrogen-bond acceptors (Lipinski definition) is 4. The van der Waals surface area contributed by atoms with E-state index in [9.17, 15) is 4.79 Å². The van der Waals surface area contributed by atoms with Crippen molar-refractivity contribution in [2.24, 2.45) is 0 Å². The summed E-state index contributed by atoms with van der Waals surface area (Å²) in [5, 5.41) is 7.79. The summed E-state index contributed by atoms with van der Waals surface area (Å²) in [7, 11) is 1.76. The van der Waals surface area contributed by atoms with Gasteiger partial charge in [0.15, 0.2) is 0 Å². The highest BCUT2D eigenvalue weighted by Gasteiger charge is 2.20. The Balaban J connectivity index is 0.00000176. The molecule has 120 valence electrons. The number of carbonyl (C=O) groups is 1. The molecule has 0 bridgehead atoms. The molecule has 7 heteroatoms. The first-order chi connectivity index (χ1) is 10.2. The summed E-state index contributed by atoms with van der Waals surface area (Å²) < 4.78 is 7.17. The van der Waals surface area contributed by atoms with Crippen LogP contribution in [0.4, 0.5) is 0 Å². The van der Waals surface area contributed by atoms with Crippen molar-refractivity contribution in [1.29, 1.82) is 0 Å². The maximum Gasteiger partial charge on any atom is 0.274 e. The molecular formula is C15H21ClN4O2. The van der Waals surface area contributed by atoms with E-state index >= 15 is 0 Å². The van der Waals surface area contributed by atoms with E-state index in [1.54, 1.807) is 24.3 Å². The standard InChI is InChI=1S/C15H20N4O2.ClH/c1-18(11-13-5-3-9-21-13)15(20)14-6-8-19(17-14)12-4-2-7-16-10-12;/h3,5-6,8-9,12,16H,2,4,7,10-11H2,1H3;1H. The van der Waals surface area contributed by atoms with Gasteiger partial charge in [0.05, 0.1) is 18.8 Å². The zero-order valence-corrected chi connectivity index (χ0v) is 13.4. The normalized spacial score (nSPS) is 17.8. The van der Waals surface area contributed by atoms with E-state index in [4.69, 9.17) is 4.42 Å². The average Bonchev–Trinajstić information content (AvgIpc) is 3.18. The Kier molecular flexibility index (Phi) is 5.63. The van der Waals surface area contributed by atoms with Gasteiger partial charge in [-0.2, -0.15) is 5.10 Å². The van der Waals surface area contributed by atoms with E-state index in [2.05, 4.69) is 10.4 Å². The number of aromatic nitrogens is 2. The van der Waals surface area contributed by atoms with Gasteiger partial charge in [0.25, 0.3) is 5.91 Å². The monoisotopic (exact) mass is 324 g/mol. The number of piperidine rings is 1. The lowest BCUT2D eigenvalue weighted by Gasteiger charge is -2.23. The SMILES string of the molecule is CN(Cc1ccco1)C(=O)c1ccn(C2CCCNC2)n1.Cl. The summed E-state index contributed by atoms with van der Waals surface area (Å²) in [5.74, 6) is 0.677. The summed E-state index contributed by atoms with van der Waals surface area (Å²) in [6.07, 6.45) is 5.75. The van der Waals surface area contributed by atoms with Crippen LogP contribution in [0, 0.1) is 0 Å². The van der Waals surface area contributed by atoms with E-state index in [1.165, 1.54) is 0 Å². The fraction of sp³-hybridized carbons (Fsp3) is 0.467. The number of rotatable bonds is 4. The molecule has 1 fully saturated rings. The molecular weight excluding hydrogens is 304 g/mol. The predicted octanol–water partition coefficient (Wildman–Crippen LogP) is 2.09. The van der Waals surface area contributed by atoms with E-state index < -0.39 is 0 Å². The number of nitrogens with one attached hydrogen (secondary N) is 1. The van der Waals surface area contributed by atoms with Crippen LogP contribution in [0.25, 0.3) is 0 Å². The third kappa shape index (κ3) is 3.69. The molecule has 3 heterocycles. The third-order valence-electron chi connectivity index (χ3n) is 3.79. The minimum Gasteiger partial charge on any atom is -0.467 e. The zero-order chi connectivity index (χ0) is 14.7. The molecule has 1 aliphatic heterocycles. The van der Waals surface area contributed by atoms with Gasteiger partial charge in [-0.05, 0) is 37.6 Å². The molecule has 1 atom stereocenters. The highest BCUT2D eigenvalue weighted by molar-refractivity contribution is 5.91. The van der Waals surface area contributed by atoms with Gasteiger partial charge in [0, 0.05) is 19.8 Å². The maximum absolute atomic E-state index is 12.4. The third-order valence-corrected chi connectivity index (χ3v) is 3.79. The summed E-state index contributed by atoms with van der Waals surface area (Å²) in [6, 6.07) is 5.81. The number of furan rings is 1. The first kappa shape index (κ1) is 16.6. The van der Waals surface area contributed by atoms with Crippen molar-refractivity contribution in [2.75, 3.05) is 20.1 Å². The average molecular weight is 325 g/mol. The van der Waals surface area contributed by atoms with Crippen LogP contribution in [0.5, 0.6) is 0 Å². The van der Waals surface area contributed by atoms with Gasteiger partial charge in [-0.1, -0.05) is 0 Å². The molecule has 0 aliphatic carbocycles. The Bertz CT molecular complexity index is 590. The van der Waals surface area contributed by atoms with Gasteiger partial charge >= 0.3 is 0 Å². The van der Waals surface area contributed by atoms with Crippen molar-refractivity contribution >= 4 is 18.3 Å². The lowest BCUT2D eigenvalue weighted by molar-refractivity contribution is 0.0768. The number of halogens is 1. The summed E-state index contributed by atoms with van der Waals surface area (Å²) in [5.41, 5.74) is 0.481. The van der Waals surface area contributed by atoms with E-state index in [0.29, 0.717) is 18.3 Å². The molecule has 1 saturated heterocycles. The molecule has 3 rings (SSSR count). The molecule has 22 heavy (non-hydrogen) atoms. The summed E-state index contributed by atoms with van der Waals surface area (Å²) in [4.78, 5) is 14.0. The van der Waals surface area contributed by atoms with Crippen molar-refractivity contribution in [1.82, 2.24) is 20.0 Å². The predicted molar refractivity (Wildman–Crippen MR) is 85.1 cm³/mol. The van der Waals surface area contributed by atoms with Gasteiger partial charge in [-0.3, -0.25) is 9.48 Å². The minimum atomic E-state index is -0.0890. The Morgan fingerprint density at radius 2 is 2.41 bits per heavy atom. The van der Waals surface area contributed by atoms with Crippen LogP contribution in [0.15, 0.2) is 35.1 Å². The van der Waals surface area contributed by atoms with Gasteiger partial charge < -0.3 is 14.6 Å². The highest BCUT2D eigenvalue weighted by Crippen LogP contribution is 2.16. The van der Waals surface area contributed by atoms with Crippen molar-refractivity contribution in [3.05, 3.63) is 42.1 Å². The summed E-state index contributed by atoms with van der Waals surface area (Å²) in [6.45, 7) is 2.43. The maximum atomic E-state index is 12.4. The molecule has 1 amide bonds. The molecule has 0 spiro atoms. The van der Waals surface area contributed by atoms with Crippen molar-refractivity contribution in [2.45, 2.75) is 25.4 Å². The first-order valence-electron chi connectivity index (χ1n) is 7.28. The Labute approximate surface area is 135 Å². The Hall–Kier alpha value is -1.79. The lowest BCUT2D eigenvalue weighted by Crippen LogP contribution is -2.32. The van der Waals surface area contributed by atoms with Crippen molar-refractivity contribution in [3.63, 3.8) is 0 Å². The van der Waals surface area contributed by atoms with Crippen molar-refractivity contribution < 1.29 is 9.21 Å². The molecule has 2 aromatic rings. The molecule has 0 saturated carbocycles. The topological polar surface area (TPSA) is 63.3 Å². The quantitative estimate of drug-likeness (QED) is 0.935. The van der Waals surface area contributed by atoms with Gasteiger partial charge in [0.1, 0.15) is 11.5 Å². The number of amides is 1. The van der Waals surface area contributed by atoms with Crippen LogP contribution >= 0.6 is 12.4 Å². The second-order valence-electron chi connectivity index (χ2n) is 5.42. The van der Waals surface area contributed by atoms with E-state index in [-0.39, 0.29) is 18.3 Å². The fourth-order valence-corrected chi connectivity index (χ4v) is 2.62. The van der Waals surface area contributed by atoms with Crippen LogP contribution in [0.2, 0.25) is 0 Å². The minimum absolute atomic E-state index is 0. The largest absolute Gasteiger partial charge is 0.467 e. The van der Waals surface area contributed by atoms with Crippen LogP contribution in [-0.2, 0) is 6.54 Å². The molecule has 1 N–H and O–H groups in total. The van der Waals surface area contributed by atoms with Gasteiger partial charge in [-0.15, -0.1) is 12.4 Å². The second kappa shape index (κ2) is 7.47. The van der Waals surface area contributed by atoms with E-state index in [1.807, 2.05) is 23.0 Å². The Morgan fingerprint density at radius 3 is 3.09 bits per heavy atom. The molecule has 1 unspecified atom stereocenters. The van der Waals surface area contributed by atoms with Gasteiger partial charge in [0.2, 0.25) is 0 Å². The smallest absolute Gasteiger partial charge is 0.274 e.